The van der Waals surface area contributed by atoms with Crippen LogP contribution < -0.4 is 5.73 Å². The third-order valence-electron chi connectivity index (χ3n) is 2.57. The zero-order valence-electron chi connectivity index (χ0n) is 9.10. The molecule has 1 aromatic heterocycles. The van der Waals surface area contributed by atoms with Gasteiger partial charge < -0.3 is 10.3 Å². The Kier molecular flexibility index (Phi) is 3.27. The zero-order valence-corrected chi connectivity index (χ0v) is 9.85. The third-order valence-corrected chi connectivity index (χ3v) is 2.81. The second-order valence-corrected chi connectivity index (χ2v) is 4.12. The fraction of sp³-hybridized carbons (Fsp3) is 0.250. The number of halogens is 1. The minimum absolute atomic E-state index is 0.00137. The van der Waals surface area contributed by atoms with E-state index in [-0.39, 0.29) is 6.04 Å². The molecule has 0 aliphatic heterocycles. The molecule has 4 heteroatoms. The Labute approximate surface area is 99.9 Å². The number of rotatable bonds is 3. The number of imidazole rings is 1. The summed E-state index contributed by atoms with van der Waals surface area (Å²) in [6, 6.07) is 7.65. The molecule has 0 unspecified atom stereocenters. The SMILES string of the molecule is CC[C@@H](N)c1cncn1-c1cccc(Cl)c1. The van der Waals surface area contributed by atoms with E-state index in [2.05, 4.69) is 11.9 Å². The Morgan fingerprint density at radius 1 is 1.50 bits per heavy atom. The van der Waals surface area contributed by atoms with E-state index in [1.165, 1.54) is 0 Å². The highest BCUT2D eigenvalue weighted by atomic mass is 35.5. The lowest BCUT2D eigenvalue weighted by Crippen LogP contribution is -2.13. The predicted octanol–water partition coefficient (Wildman–Crippen LogP) is 2.94. The quantitative estimate of drug-likeness (QED) is 0.889. The maximum Gasteiger partial charge on any atom is 0.0994 e. The van der Waals surface area contributed by atoms with Crippen LogP contribution in [0.15, 0.2) is 36.8 Å². The predicted molar refractivity (Wildman–Crippen MR) is 65.8 cm³/mol. The largest absolute Gasteiger partial charge is 0.323 e. The normalized spacial score (nSPS) is 12.7. The molecule has 0 bridgehead atoms. The molecule has 0 saturated heterocycles. The maximum atomic E-state index is 6.02. The standard InChI is InChI=1S/C12H14ClN3/c1-2-11(14)12-7-15-8-16(12)10-5-3-4-9(13)6-10/h3-8,11H,2,14H2,1H3/t11-/m1/s1. The summed E-state index contributed by atoms with van der Waals surface area (Å²) in [5.74, 6) is 0. The van der Waals surface area contributed by atoms with Crippen LogP contribution in [0.25, 0.3) is 5.69 Å². The molecular weight excluding hydrogens is 222 g/mol. The van der Waals surface area contributed by atoms with Crippen LogP contribution in [-0.2, 0) is 0 Å². The Morgan fingerprint density at radius 3 is 3.00 bits per heavy atom. The van der Waals surface area contributed by atoms with E-state index < -0.39 is 0 Å². The average molecular weight is 236 g/mol. The van der Waals surface area contributed by atoms with E-state index in [1.54, 1.807) is 12.5 Å². The summed E-state index contributed by atoms with van der Waals surface area (Å²) in [5, 5.41) is 0.710. The second-order valence-electron chi connectivity index (χ2n) is 3.68. The van der Waals surface area contributed by atoms with Crippen molar-refractivity contribution >= 4 is 11.6 Å². The first-order valence-electron chi connectivity index (χ1n) is 5.26. The van der Waals surface area contributed by atoms with Crippen LogP contribution in [0.2, 0.25) is 5.02 Å². The van der Waals surface area contributed by atoms with Crippen LogP contribution in [0, 0.1) is 0 Å². The number of aromatic nitrogens is 2. The fourth-order valence-electron chi connectivity index (χ4n) is 1.63. The first-order valence-corrected chi connectivity index (χ1v) is 5.64. The summed E-state index contributed by atoms with van der Waals surface area (Å²) in [6.07, 6.45) is 4.44. The van der Waals surface area contributed by atoms with E-state index >= 15 is 0 Å². The smallest absolute Gasteiger partial charge is 0.0994 e. The molecule has 2 rings (SSSR count). The van der Waals surface area contributed by atoms with Crippen molar-refractivity contribution in [1.29, 1.82) is 0 Å². The van der Waals surface area contributed by atoms with Gasteiger partial charge in [-0.25, -0.2) is 4.98 Å². The summed E-state index contributed by atoms with van der Waals surface area (Å²) in [5.41, 5.74) is 8.02. The van der Waals surface area contributed by atoms with Crippen molar-refractivity contribution in [2.75, 3.05) is 0 Å². The molecule has 16 heavy (non-hydrogen) atoms. The number of benzene rings is 1. The molecule has 0 spiro atoms. The Hall–Kier alpha value is -1.32. The van der Waals surface area contributed by atoms with Gasteiger partial charge in [0.25, 0.3) is 0 Å². The first-order chi connectivity index (χ1) is 7.72. The summed E-state index contributed by atoms with van der Waals surface area (Å²) in [6.45, 7) is 2.06. The van der Waals surface area contributed by atoms with Crippen molar-refractivity contribution in [3.05, 3.63) is 47.5 Å². The minimum atomic E-state index is 0.00137. The van der Waals surface area contributed by atoms with Crippen molar-refractivity contribution in [2.45, 2.75) is 19.4 Å². The van der Waals surface area contributed by atoms with Gasteiger partial charge >= 0.3 is 0 Å². The number of nitrogens with two attached hydrogens (primary N) is 1. The molecule has 0 amide bonds. The number of hydrogen-bond donors (Lipinski definition) is 1. The lowest BCUT2D eigenvalue weighted by Gasteiger charge is -2.12. The topological polar surface area (TPSA) is 43.8 Å². The molecular formula is C12H14ClN3. The molecule has 2 N–H and O–H groups in total. The van der Waals surface area contributed by atoms with Crippen LogP contribution in [0.5, 0.6) is 0 Å². The average Bonchev–Trinajstić information content (AvgIpc) is 2.77. The zero-order chi connectivity index (χ0) is 11.5. The Bertz CT molecular complexity index is 479. The Balaban J connectivity index is 2.44. The van der Waals surface area contributed by atoms with Crippen molar-refractivity contribution in [3.63, 3.8) is 0 Å². The fourth-order valence-corrected chi connectivity index (χ4v) is 1.81. The molecule has 0 fully saturated rings. The summed E-state index contributed by atoms with van der Waals surface area (Å²) < 4.78 is 1.97. The summed E-state index contributed by atoms with van der Waals surface area (Å²) in [7, 11) is 0. The molecule has 0 aliphatic rings. The van der Waals surface area contributed by atoms with Crippen LogP contribution >= 0.6 is 11.6 Å². The van der Waals surface area contributed by atoms with Crippen molar-refractivity contribution in [3.8, 4) is 5.69 Å². The van der Waals surface area contributed by atoms with Crippen LogP contribution in [-0.4, -0.2) is 9.55 Å². The van der Waals surface area contributed by atoms with Gasteiger partial charge in [-0.05, 0) is 24.6 Å². The van der Waals surface area contributed by atoms with Crippen LogP contribution in [0.3, 0.4) is 0 Å². The van der Waals surface area contributed by atoms with Gasteiger partial charge in [0.1, 0.15) is 0 Å². The molecule has 1 heterocycles. The molecule has 3 nitrogen and oxygen atoms in total. The van der Waals surface area contributed by atoms with Gasteiger partial charge in [0.05, 0.1) is 18.2 Å². The molecule has 0 radical (unpaired) electrons. The van der Waals surface area contributed by atoms with Crippen molar-refractivity contribution in [1.82, 2.24) is 9.55 Å². The van der Waals surface area contributed by atoms with Gasteiger partial charge in [-0.3, -0.25) is 0 Å². The highest BCUT2D eigenvalue weighted by Crippen LogP contribution is 2.20. The van der Waals surface area contributed by atoms with Crippen LogP contribution in [0.4, 0.5) is 0 Å². The minimum Gasteiger partial charge on any atom is -0.323 e. The lowest BCUT2D eigenvalue weighted by atomic mass is 10.2. The summed E-state index contributed by atoms with van der Waals surface area (Å²) in [4.78, 5) is 4.14. The maximum absolute atomic E-state index is 6.02. The summed E-state index contributed by atoms with van der Waals surface area (Å²) >= 11 is 5.96. The molecule has 2 aromatic rings. The molecule has 0 saturated carbocycles. The van der Waals surface area contributed by atoms with E-state index in [0.717, 1.165) is 17.8 Å². The molecule has 1 aromatic carbocycles. The van der Waals surface area contributed by atoms with Gasteiger partial charge in [0.15, 0.2) is 0 Å². The number of nitrogens with zero attached hydrogens (tertiary/aromatic N) is 2. The monoisotopic (exact) mass is 235 g/mol. The second kappa shape index (κ2) is 4.68. The van der Waals surface area contributed by atoms with E-state index in [0.29, 0.717) is 5.02 Å². The first kappa shape index (κ1) is 11.2. The van der Waals surface area contributed by atoms with Crippen LogP contribution in [0.1, 0.15) is 25.1 Å². The van der Waals surface area contributed by atoms with E-state index in [1.807, 2.05) is 28.8 Å². The third kappa shape index (κ3) is 2.10. The van der Waals surface area contributed by atoms with Gasteiger partial charge in [-0.1, -0.05) is 24.6 Å². The molecule has 1 atom stereocenters. The van der Waals surface area contributed by atoms with Crippen molar-refractivity contribution < 1.29 is 0 Å². The lowest BCUT2D eigenvalue weighted by molar-refractivity contribution is 0.660. The van der Waals surface area contributed by atoms with Gasteiger partial charge in [0, 0.05) is 16.8 Å². The number of hydrogen-bond acceptors (Lipinski definition) is 2. The van der Waals surface area contributed by atoms with Crippen molar-refractivity contribution in [2.24, 2.45) is 5.73 Å². The molecule has 84 valence electrons. The van der Waals surface area contributed by atoms with E-state index in [9.17, 15) is 0 Å². The Morgan fingerprint density at radius 2 is 2.31 bits per heavy atom. The molecule has 0 aliphatic carbocycles. The van der Waals surface area contributed by atoms with Gasteiger partial charge in [-0.15, -0.1) is 0 Å². The highest BCUT2D eigenvalue weighted by Gasteiger charge is 2.10. The van der Waals surface area contributed by atoms with Gasteiger partial charge in [-0.2, -0.15) is 0 Å². The van der Waals surface area contributed by atoms with Gasteiger partial charge in [0.2, 0.25) is 0 Å². The highest BCUT2D eigenvalue weighted by molar-refractivity contribution is 6.30. The van der Waals surface area contributed by atoms with E-state index in [4.69, 9.17) is 17.3 Å².